The number of allylic oxidation sites excluding steroid dienone is 1. The lowest BCUT2D eigenvalue weighted by molar-refractivity contribution is -0.132. The van der Waals surface area contributed by atoms with E-state index in [1.807, 2.05) is 6.26 Å². The van der Waals surface area contributed by atoms with Crippen LogP contribution < -0.4 is 5.73 Å². The van der Waals surface area contributed by atoms with Gasteiger partial charge in [0.25, 0.3) is 0 Å². The normalized spacial score (nSPS) is 12.5. The Balaban J connectivity index is 4.14. The van der Waals surface area contributed by atoms with E-state index in [4.69, 9.17) is 10.8 Å². The van der Waals surface area contributed by atoms with Crippen molar-refractivity contribution in [3.8, 4) is 0 Å². The van der Waals surface area contributed by atoms with E-state index in [0.717, 1.165) is 5.75 Å². The summed E-state index contributed by atoms with van der Waals surface area (Å²) in [5.74, 6) is -0.102. The van der Waals surface area contributed by atoms with Gasteiger partial charge in [0.05, 0.1) is 5.57 Å². The third-order valence-corrected chi connectivity index (χ3v) is 1.90. The molecule has 0 unspecified atom stereocenters. The van der Waals surface area contributed by atoms with Crippen molar-refractivity contribution in [3.05, 3.63) is 11.3 Å². The van der Waals surface area contributed by atoms with Crippen molar-refractivity contribution in [2.45, 2.75) is 13.3 Å². The van der Waals surface area contributed by atoms with Crippen LogP contribution in [-0.4, -0.2) is 23.1 Å². The number of thioether (sulfide) groups is 1. The van der Waals surface area contributed by atoms with E-state index in [0.29, 0.717) is 17.7 Å². The van der Waals surface area contributed by atoms with Gasteiger partial charge in [0.1, 0.15) is 0 Å². The van der Waals surface area contributed by atoms with E-state index < -0.39 is 5.97 Å². The lowest BCUT2D eigenvalue weighted by atomic mass is 10.2. The lowest BCUT2D eigenvalue weighted by Crippen LogP contribution is -2.09. The van der Waals surface area contributed by atoms with Gasteiger partial charge in [0.2, 0.25) is 0 Å². The fourth-order valence-corrected chi connectivity index (χ4v) is 1.09. The van der Waals surface area contributed by atoms with E-state index in [1.54, 1.807) is 18.7 Å². The van der Waals surface area contributed by atoms with Crippen molar-refractivity contribution < 1.29 is 9.90 Å². The largest absolute Gasteiger partial charge is 0.478 e. The monoisotopic (exact) mass is 175 g/mol. The maximum atomic E-state index is 10.5. The van der Waals surface area contributed by atoms with E-state index in [-0.39, 0.29) is 0 Å². The summed E-state index contributed by atoms with van der Waals surface area (Å²) in [6.45, 7) is 1.61. The molecule has 64 valence electrons. The second-order valence-electron chi connectivity index (χ2n) is 2.21. The molecule has 4 heteroatoms. The molecule has 0 saturated heterocycles. The Hall–Kier alpha value is -0.640. The zero-order valence-corrected chi connectivity index (χ0v) is 7.57. The van der Waals surface area contributed by atoms with Crippen molar-refractivity contribution >= 4 is 17.7 Å². The van der Waals surface area contributed by atoms with Gasteiger partial charge in [-0.1, -0.05) is 0 Å². The molecule has 0 atom stereocenters. The van der Waals surface area contributed by atoms with Crippen LogP contribution in [0.2, 0.25) is 0 Å². The molecule has 0 saturated carbocycles. The van der Waals surface area contributed by atoms with Gasteiger partial charge in [-0.2, -0.15) is 11.8 Å². The van der Waals surface area contributed by atoms with Crippen molar-refractivity contribution in [3.63, 3.8) is 0 Å². The van der Waals surface area contributed by atoms with Crippen molar-refractivity contribution in [2.24, 2.45) is 5.73 Å². The number of hydrogen-bond acceptors (Lipinski definition) is 3. The number of carboxylic acid groups (broad SMARTS) is 1. The fraction of sp³-hybridized carbons (Fsp3) is 0.571. The first-order valence-electron chi connectivity index (χ1n) is 3.27. The quantitative estimate of drug-likeness (QED) is 0.627. The Bertz CT molecular complexity index is 173. The SMILES string of the molecule is CSCCC(C(=O)O)=C(C)N. The smallest absolute Gasteiger partial charge is 0.333 e. The first kappa shape index (κ1) is 10.4. The molecule has 0 fully saturated rings. The predicted octanol–water partition coefficient (Wildman–Crippen LogP) is 1.06. The molecule has 0 aliphatic heterocycles. The molecule has 11 heavy (non-hydrogen) atoms. The molecule has 0 radical (unpaired) electrons. The Labute approximate surface area is 70.7 Å². The number of nitrogens with two attached hydrogens (primary N) is 1. The van der Waals surface area contributed by atoms with Gasteiger partial charge in [-0.05, 0) is 25.4 Å². The topological polar surface area (TPSA) is 63.3 Å². The summed E-state index contributed by atoms with van der Waals surface area (Å²) in [4.78, 5) is 10.5. The number of aliphatic carboxylic acids is 1. The summed E-state index contributed by atoms with van der Waals surface area (Å²) < 4.78 is 0. The average Bonchev–Trinajstić information content (AvgIpc) is 1.87. The first-order chi connectivity index (χ1) is 5.09. The molecule has 0 aromatic heterocycles. The summed E-state index contributed by atoms with van der Waals surface area (Å²) in [5.41, 5.74) is 6.11. The number of carboxylic acids is 1. The van der Waals surface area contributed by atoms with Gasteiger partial charge >= 0.3 is 5.97 Å². The van der Waals surface area contributed by atoms with Gasteiger partial charge in [0, 0.05) is 5.70 Å². The number of hydrogen-bond donors (Lipinski definition) is 2. The number of carbonyl (C=O) groups is 1. The molecule has 0 rings (SSSR count). The highest BCUT2D eigenvalue weighted by Crippen LogP contribution is 2.08. The summed E-state index contributed by atoms with van der Waals surface area (Å²) >= 11 is 1.61. The van der Waals surface area contributed by atoms with Gasteiger partial charge in [0.15, 0.2) is 0 Å². The predicted molar refractivity (Wildman–Crippen MR) is 47.5 cm³/mol. The zero-order chi connectivity index (χ0) is 8.85. The molecule has 0 spiro atoms. The molecule has 3 nitrogen and oxygen atoms in total. The maximum Gasteiger partial charge on any atom is 0.333 e. The molecule has 0 bridgehead atoms. The molecule has 0 aromatic rings. The van der Waals surface area contributed by atoms with Gasteiger partial charge in [-0.3, -0.25) is 0 Å². The van der Waals surface area contributed by atoms with Crippen LogP contribution in [0.25, 0.3) is 0 Å². The molecule has 0 aromatic carbocycles. The maximum absolute atomic E-state index is 10.5. The van der Waals surface area contributed by atoms with E-state index in [1.165, 1.54) is 0 Å². The summed E-state index contributed by atoms with van der Waals surface area (Å²) in [7, 11) is 0. The molecule has 0 aliphatic rings. The molecular weight excluding hydrogens is 162 g/mol. The molecule has 3 N–H and O–H groups in total. The van der Waals surface area contributed by atoms with E-state index in [2.05, 4.69) is 0 Å². The van der Waals surface area contributed by atoms with Crippen LogP contribution in [0.3, 0.4) is 0 Å². The summed E-state index contributed by atoms with van der Waals surface area (Å²) in [5, 5.41) is 8.62. The molecule has 0 amide bonds. The van der Waals surface area contributed by atoms with Crippen LogP contribution in [0.5, 0.6) is 0 Å². The Kier molecular flexibility index (Phi) is 4.77. The number of rotatable bonds is 4. The van der Waals surface area contributed by atoms with Gasteiger partial charge in [-0.15, -0.1) is 0 Å². The second-order valence-corrected chi connectivity index (χ2v) is 3.20. The minimum Gasteiger partial charge on any atom is -0.478 e. The van der Waals surface area contributed by atoms with Crippen LogP contribution in [0, 0.1) is 0 Å². The molecule has 0 heterocycles. The summed E-state index contributed by atoms with van der Waals surface area (Å²) in [6.07, 6.45) is 2.48. The highest BCUT2D eigenvalue weighted by atomic mass is 32.2. The Morgan fingerprint density at radius 1 is 1.64 bits per heavy atom. The van der Waals surface area contributed by atoms with Crippen LogP contribution in [0.1, 0.15) is 13.3 Å². The van der Waals surface area contributed by atoms with Crippen molar-refractivity contribution in [1.82, 2.24) is 0 Å². The second kappa shape index (κ2) is 5.07. The Morgan fingerprint density at radius 3 is 2.45 bits per heavy atom. The molecular formula is C7H13NO2S. The van der Waals surface area contributed by atoms with Crippen molar-refractivity contribution in [1.29, 1.82) is 0 Å². The minimum absolute atomic E-state index is 0.333. The van der Waals surface area contributed by atoms with E-state index >= 15 is 0 Å². The Morgan fingerprint density at radius 2 is 2.18 bits per heavy atom. The van der Waals surface area contributed by atoms with Gasteiger partial charge in [-0.25, -0.2) is 4.79 Å². The minimum atomic E-state index is -0.904. The summed E-state index contributed by atoms with van der Waals surface area (Å²) in [6, 6.07) is 0. The highest BCUT2D eigenvalue weighted by molar-refractivity contribution is 7.98. The van der Waals surface area contributed by atoms with Crippen molar-refractivity contribution in [2.75, 3.05) is 12.0 Å². The fourth-order valence-electron chi connectivity index (χ4n) is 0.677. The van der Waals surface area contributed by atoms with Gasteiger partial charge < -0.3 is 10.8 Å². The third-order valence-electron chi connectivity index (χ3n) is 1.29. The highest BCUT2D eigenvalue weighted by Gasteiger charge is 2.08. The van der Waals surface area contributed by atoms with Crippen LogP contribution >= 0.6 is 11.8 Å². The van der Waals surface area contributed by atoms with E-state index in [9.17, 15) is 4.79 Å². The molecule has 0 aliphatic carbocycles. The van der Waals surface area contributed by atoms with Crippen LogP contribution in [0.15, 0.2) is 11.3 Å². The van der Waals surface area contributed by atoms with Crippen LogP contribution in [-0.2, 0) is 4.79 Å². The van der Waals surface area contributed by atoms with Crippen LogP contribution in [0.4, 0.5) is 0 Å². The average molecular weight is 175 g/mol. The third kappa shape index (κ3) is 3.93. The zero-order valence-electron chi connectivity index (χ0n) is 6.76. The standard InChI is InChI=1S/C7H13NO2S/c1-5(8)6(7(9)10)3-4-11-2/h3-4,8H2,1-2H3,(H,9,10). The first-order valence-corrected chi connectivity index (χ1v) is 4.66. The lowest BCUT2D eigenvalue weighted by Gasteiger charge is -2.02.